The maximum Gasteiger partial charge on any atom is 0.262 e. The Morgan fingerprint density at radius 2 is 1.52 bits per heavy atom. The first-order valence-corrected chi connectivity index (χ1v) is 13.8. The highest BCUT2D eigenvalue weighted by atomic mass is 32.2. The van der Waals surface area contributed by atoms with Crippen LogP contribution >= 0.6 is 0 Å². The highest BCUT2D eigenvalue weighted by Gasteiger charge is 2.21. The first-order chi connectivity index (χ1) is 15.7. The molecule has 0 atom stereocenters. The van der Waals surface area contributed by atoms with E-state index >= 15 is 0 Å². The predicted molar refractivity (Wildman–Crippen MR) is 127 cm³/mol. The second-order valence-electron chi connectivity index (χ2n) is 7.35. The van der Waals surface area contributed by atoms with Crippen molar-refractivity contribution in [1.82, 2.24) is 4.72 Å². The maximum atomic E-state index is 13.0. The Morgan fingerprint density at radius 1 is 0.818 bits per heavy atom. The molecular weight excluding hydrogens is 466 g/mol. The SMILES string of the molecule is CCOc1ccc(S(=O)(=O)Nc2cccc(S(=O)(=O)NC3=NCCCCC3)c2)cc1OCC. The zero-order valence-corrected chi connectivity index (χ0v) is 20.3. The predicted octanol–water partition coefficient (Wildman–Crippen LogP) is 3.54. The number of hydrogen-bond acceptors (Lipinski definition) is 7. The van der Waals surface area contributed by atoms with Crippen molar-refractivity contribution in [2.24, 2.45) is 4.99 Å². The molecule has 2 N–H and O–H groups in total. The van der Waals surface area contributed by atoms with Gasteiger partial charge in [-0.1, -0.05) is 12.5 Å². The van der Waals surface area contributed by atoms with E-state index in [1.165, 1.54) is 42.5 Å². The number of benzene rings is 2. The molecule has 3 rings (SSSR count). The average Bonchev–Trinajstić information content (AvgIpc) is 3.03. The van der Waals surface area contributed by atoms with Crippen LogP contribution in [0.5, 0.6) is 11.5 Å². The Hall–Kier alpha value is -2.79. The summed E-state index contributed by atoms with van der Waals surface area (Å²) in [6.07, 6.45) is 3.36. The molecule has 1 aliphatic heterocycles. The Balaban J connectivity index is 1.83. The Kier molecular flexibility index (Phi) is 8.20. The van der Waals surface area contributed by atoms with Crippen LogP contribution in [-0.4, -0.2) is 42.4 Å². The van der Waals surface area contributed by atoms with Crippen molar-refractivity contribution < 1.29 is 26.3 Å². The Bertz CT molecular complexity index is 1210. The fourth-order valence-corrected chi connectivity index (χ4v) is 5.51. The van der Waals surface area contributed by atoms with Gasteiger partial charge in [-0.2, -0.15) is 0 Å². The lowest BCUT2D eigenvalue weighted by Crippen LogP contribution is -2.30. The van der Waals surface area contributed by atoms with Crippen molar-refractivity contribution in [2.75, 3.05) is 24.5 Å². The molecule has 180 valence electrons. The first-order valence-electron chi connectivity index (χ1n) is 10.8. The molecule has 9 nitrogen and oxygen atoms in total. The van der Waals surface area contributed by atoms with Gasteiger partial charge in [-0.15, -0.1) is 0 Å². The molecule has 1 aliphatic rings. The van der Waals surface area contributed by atoms with Crippen LogP contribution in [0.4, 0.5) is 5.69 Å². The number of nitrogens with zero attached hydrogens (tertiary/aromatic N) is 1. The number of ether oxygens (including phenoxy) is 2. The van der Waals surface area contributed by atoms with Crippen LogP contribution in [0.25, 0.3) is 0 Å². The third-order valence-electron chi connectivity index (χ3n) is 4.85. The van der Waals surface area contributed by atoms with E-state index in [2.05, 4.69) is 14.4 Å². The number of rotatable bonds is 9. The summed E-state index contributed by atoms with van der Waals surface area (Å²) in [6.45, 7) is 4.95. The fourth-order valence-electron chi connectivity index (χ4n) is 3.31. The van der Waals surface area contributed by atoms with Gasteiger partial charge in [-0.3, -0.25) is 14.4 Å². The van der Waals surface area contributed by atoms with Crippen LogP contribution in [-0.2, 0) is 20.0 Å². The summed E-state index contributed by atoms with van der Waals surface area (Å²) < 4.78 is 67.5. The van der Waals surface area contributed by atoms with Gasteiger partial charge in [0, 0.05) is 19.0 Å². The van der Waals surface area contributed by atoms with Crippen molar-refractivity contribution in [3.63, 3.8) is 0 Å². The van der Waals surface area contributed by atoms with E-state index in [-0.39, 0.29) is 15.5 Å². The molecule has 0 radical (unpaired) electrons. The number of hydrogen-bond donors (Lipinski definition) is 2. The molecule has 0 unspecified atom stereocenters. The van der Waals surface area contributed by atoms with Gasteiger partial charge in [0.15, 0.2) is 11.5 Å². The summed E-state index contributed by atoms with van der Waals surface area (Å²) in [5.74, 6) is 1.18. The van der Waals surface area contributed by atoms with Gasteiger partial charge >= 0.3 is 0 Å². The molecule has 0 amide bonds. The van der Waals surface area contributed by atoms with E-state index in [1.807, 2.05) is 6.92 Å². The fraction of sp³-hybridized carbons (Fsp3) is 0.409. The molecule has 0 aliphatic carbocycles. The van der Waals surface area contributed by atoms with Crippen molar-refractivity contribution in [3.05, 3.63) is 42.5 Å². The van der Waals surface area contributed by atoms with Gasteiger partial charge in [-0.25, -0.2) is 16.8 Å². The highest BCUT2D eigenvalue weighted by molar-refractivity contribution is 7.92. The minimum Gasteiger partial charge on any atom is -0.490 e. The van der Waals surface area contributed by atoms with Gasteiger partial charge in [0.05, 0.1) is 28.7 Å². The summed E-state index contributed by atoms with van der Waals surface area (Å²) >= 11 is 0. The van der Waals surface area contributed by atoms with Crippen molar-refractivity contribution >= 4 is 31.6 Å². The van der Waals surface area contributed by atoms with Crippen LogP contribution in [0.2, 0.25) is 0 Å². The van der Waals surface area contributed by atoms with E-state index in [0.717, 1.165) is 19.3 Å². The van der Waals surface area contributed by atoms with Crippen LogP contribution < -0.4 is 18.9 Å². The van der Waals surface area contributed by atoms with E-state index < -0.39 is 20.0 Å². The largest absolute Gasteiger partial charge is 0.490 e. The third-order valence-corrected chi connectivity index (χ3v) is 7.61. The van der Waals surface area contributed by atoms with Crippen LogP contribution in [0.1, 0.15) is 39.5 Å². The molecule has 11 heteroatoms. The smallest absolute Gasteiger partial charge is 0.262 e. The van der Waals surface area contributed by atoms with Crippen molar-refractivity contribution in [2.45, 2.75) is 49.3 Å². The molecule has 2 aromatic carbocycles. The van der Waals surface area contributed by atoms with Crippen molar-refractivity contribution in [3.8, 4) is 11.5 Å². The molecule has 0 bridgehead atoms. The Labute approximate surface area is 195 Å². The topological polar surface area (TPSA) is 123 Å². The molecule has 0 spiro atoms. The summed E-state index contributed by atoms with van der Waals surface area (Å²) in [5, 5.41) is 0. The van der Waals surface area contributed by atoms with E-state index in [0.29, 0.717) is 43.5 Å². The third kappa shape index (κ3) is 6.61. The summed E-state index contributed by atoms with van der Waals surface area (Å²) in [4.78, 5) is 4.20. The molecular formula is C22H29N3O6S2. The zero-order valence-electron chi connectivity index (χ0n) is 18.7. The maximum absolute atomic E-state index is 13.0. The standard InChI is InChI=1S/C22H29N3O6S2/c1-3-30-20-13-12-19(16-21(20)31-4-2)32(26,27)24-17-9-8-10-18(15-17)33(28,29)25-22-11-6-5-7-14-23-22/h8-10,12-13,15-16,24H,3-7,11,14H2,1-2H3,(H,23,25). The van der Waals surface area contributed by atoms with Crippen molar-refractivity contribution in [1.29, 1.82) is 0 Å². The highest BCUT2D eigenvalue weighted by Crippen LogP contribution is 2.31. The lowest BCUT2D eigenvalue weighted by Gasteiger charge is -2.14. The average molecular weight is 496 g/mol. The molecule has 0 fully saturated rings. The first kappa shape index (κ1) is 24.8. The second kappa shape index (κ2) is 10.9. The molecule has 0 aromatic heterocycles. The molecule has 0 saturated carbocycles. The molecule has 0 saturated heterocycles. The molecule has 33 heavy (non-hydrogen) atoms. The van der Waals surface area contributed by atoms with Crippen LogP contribution in [0, 0.1) is 0 Å². The molecule has 1 heterocycles. The van der Waals surface area contributed by atoms with E-state index in [9.17, 15) is 16.8 Å². The minimum absolute atomic E-state index is 0.0337. The van der Waals surface area contributed by atoms with Gasteiger partial charge in [0.1, 0.15) is 5.84 Å². The Morgan fingerprint density at radius 3 is 2.27 bits per heavy atom. The zero-order chi connectivity index (χ0) is 23.9. The second-order valence-corrected chi connectivity index (χ2v) is 10.7. The number of nitrogens with one attached hydrogen (secondary N) is 2. The van der Waals surface area contributed by atoms with Gasteiger partial charge in [-0.05, 0) is 57.0 Å². The van der Waals surface area contributed by atoms with Crippen LogP contribution in [0.15, 0.2) is 57.2 Å². The van der Waals surface area contributed by atoms with E-state index in [1.54, 1.807) is 6.92 Å². The van der Waals surface area contributed by atoms with E-state index in [4.69, 9.17) is 9.47 Å². The number of sulfonamides is 2. The van der Waals surface area contributed by atoms with Gasteiger partial charge < -0.3 is 9.47 Å². The minimum atomic E-state index is -4.00. The summed E-state index contributed by atoms with van der Waals surface area (Å²) in [7, 11) is -7.90. The molecule has 2 aromatic rings. The van der Waals surface area contributed by atoms with Crippen LogP contribution in [0.3, 0.4) is 0 Å². The van der Waals surface area contributed by atoms with Gasteiger partial charge in [0.2, 0.25) is 0 Å². The summed E-state index contributed by atoms with van der Waals surface area (Å²) in [6, 6.07) is 9.95. The quantitative estimate of drug-likeness (QED) is 0.549. The summed E-state index contributed by atoms with van der Waals surface area (Å²) in [5.41, 5.74) is 0.118. The monoisotopic (exact) mass is 495 g/mol. The number of aliphatic imine (C=N–C) groups is 1. The van der Waals surface area contributed by atoms with Gasteiger partial charge in [0.25, 0.3) is 20.0 Å². The number of amidine groups is 1. The lowest BCUT2D eigenvalue weighted by atomic mass is 10.2. The number of anilines is 1. The lowest BCUT2D eigenvalue weighted by molar-refractivity contribution is 0.287. The normalized spacial score (nSPS) is 14.7.